The highest BCUT2D eigenvalue weighted by molar-refractivity contribution is 7.12. The van der Waals surface area contributed by atoms with Gasteiger partial charge < -0.3 is 4.90 Å². The molecule has 3 aromatic rings. The Morgan fingerprint density at radius 1 is 1.19 bits per heavy atom. The lowest BCUT2D eigenvalue weighted by Crippen LogP contribution is -2.40. The second-order valence-electron chi connectivity index (χ2n) is 6.52. The van der Waals surface area contributed by atoms with Crippen LogP contribution in [-0.2, 0) is 6.54 Å². The van der Waals surface area contributed by atoms with Gasteiger partial charge in [0.05, 0.1) is 23.2 Å². The van der Waals surface area contributed by atoms with Gasteiger partial charge in [-0.05, 0) is 54.6 Å². The Bertz CT molecular complexity index is 999. The zero-order valence-electron chi connectivity index (χ0n) is 14.5. The number of thiophene rings is 1. The van der Waals surface area contributed by atoms with Crippen molar-refractivity contribution < 1.29 is 9.18 Å². The van der Waals surface area contributed by atoms with Gasteiger partial charge in [0.15, 0.2) is 0 Å². The van der Waals surface area contributed by atoms with E-state index in [1.54, 1.807) is 18.2 Å². The lowest BCUT2D eigenvalue weighted by Gasteiger charge is -2.24. The van der Waals surface area contributed by atoms with E-state index in [2.05, 4.69) is 5.10 Å². The molecule has 138 valence electrons. The minimum Gasteiger partial charge on any atom is -0.333 e. The summed E-state index contributed by atoms with van der Waals surface area (Å²) in [6, 6.07) is 12.7. The molecule has 1 amide bonds. The van der Waals surface area contributed by atoms with Crippen LogP contribution < -0.4 is 5.56 Å². The van der Waals surface area contributed by atoms with Gasteiger partial charge in [-0.2, -0.15) is 5.10 Å². The summed E-state index contributed by atoms with van der Waals surface area (Å²) < 4.78 is 14.5. The van der Waals surface area contributed by atoms with Crippen LogP contribution >= 0.6 is 11.3 Å². The first-order chi connectivity index (χ1) is 13.1. The number of likely N-dealkylation sites (tertiary alicyclic amines) is 1. The van der Waals surface area contributed by atoms with Crippen molar-refractivity contribution >= 4 is 17.2 Å². The summed E-state index contributed by atoms with van der Waals surface area (Å²) in [4.78, 5) is 27.5. The number of rotatable bonds is 4. The second-order valence-corrected chi connectivity index (χ2v) is 7.47. The molecule has 2 aromatic heterocycles. The van der Waals surface area contributed by atoms with Gasteiger partial charge in [-0.1, -0.05) is 6.07 Å². The molecule has 1 fully saturated rings. The first kappa shape index (κ1) is 17.6. The van der Waals surface area contributed by atoms with Gasteiger partial charge in [0, 0.05) is 18.2 Å². The number of benzene rings is 1. The monoisotopic (exact) mass is 383 g/mol. The summed E-state index contributed by atoms with van der Waals surface area (Å²) in [6.07, 6.45) is 1.75. The van der Waals surface area contributed by atoms with Crippen molar-refractivity contribution in [3.8, 4) is 11.3 Å². The number of carbonyl (C=O) groups excluding carboxylic acids is 1. The quantitative estimate of drug-likeness (QED) is 0.694. The SMILES string of the molecule is O=C(c1cccs1)N1CCC[C@H]1Cn1nc(-c2ccc(F)cc2)ccc1=O. The Hall–Kier alpha value is -2.80. The van der Waals surface area contributed by atoms with Gasteiger partial charge >= 0.3 is 0 Å². The van der Waals surface area contributed by atoms with Crippen molar-refractivity contribution in [2.45, 2.75) is 25.4 Å². The van der Waals surface area contributed by atoms with Crippen LogP contribution in [0.4, 0.5) is 4.39 Å². The van der Waals surface area contributed by atoms with Crippen LogP contribution in [0.2, 0.25) is 0 Å². The van der Waals surface area contributed by atoms with Crippen LogP contribution in [0.3, 0.4) is 0 Å². The molecule has 3 heterocycles. The van der Waals surface area contributed by atoms with E-state index in [0.717, 1.165) is 18.4 Å². The lowest BCUT2D eigenvalue weighted by atomic mass is 10.1. The first-order valence-electron chi connectivity index (χ1n) is 8.80. The number of aromatic nitrogens is 2. The van der Waals surface area contributed by atoms with Crippen molar-refractivity contribution in [3.05, 3.63) is 75.0 Å². The number of amides is 1. The number of halogens is 1. The van der Waals surface area contributed by atoms with Gasteiger partial charge in [0.2, 0.25) is 0 Å². The van der Waals surface area contributed by atoms with E-state index < -0.39 is 0 Å². The highest BCUT2D eigenvalue weighted by Gasteiger charge is 2.30. The molecule has 7 heteroatoms. The van der Waals surface area contributed by atoms with Gasteiger partial charge in [-0.15, -0.1) is 11.3 Å². The van der Waals surface area contributed by atoms with E-state index in [1.165, 1.54) is 34.2 Å². The minimum atomic E-state index is -0.319. The molecule has 1 aromatic carbocycles. The Kier molecular flexibility index (Phi) is 4.85. The Morgan fingerprint density at radius 3 is 2.74 bits per heavy atom. The molecule has 0 aliphatic carbocycles. The average molecular weight is 383 g/mol. The largest absolute Gasteiger partial charge is 0.333 e. The Morgan fingerprint density at radius 2 is 2.00 bits per heavy atom. The predicted octanol–water partition coefficient (Wildman–Crippen LogP) is 3.42. The smallest absolute Gasteiger partial charge is 0.266 e. The molecule has 1 aliphatic rings. The van der Waals surface area contributed by atoms with Gasteiger partial charge in [0.25, 0.3) is 11.5 Å². The Balaban J connectivity index is 1.58. The second kappa shape index (κ2) is 7.44. The summed E-state index contributed by atoms with van der Waals surface area (Å²) in [5.74, 6) is -0.309. The van der Waals surface area contributed by atoms with Crippen molar-refractivity contribution in [1.29, 1.82) is 0 Å². The molecule has 0 unspecified atom stereocenters. The number of hydrogen-bond donors (Lipinski definition) is 0. The topological polar surface area (TPSA) is 55.2 Å². The van der Waals surface area contributed by atoms with Crippen LogP contribution in [-0.4, -0.2) is 33.2 Å². The number of carbonyl (C=O) groups is 1. The average Bonchev–Trinajstić information content (AvgIpc) is 3.36. The van der Waals surface area contributed by atoms with Crippen molar-refractivity contribution in [2.75, 3.05) is 6.54 Å². The van der Waals surface area contributed by atoms with Gasteiger partial charge in [-0.3, -0.25) is 9.59 Å². The molecule has 1 atom stereocenters. The molecule has 1 saturated heterocycles. The normalized spacial score (nSPS) is 16.6. The van der Waals surface area contributed by atoms with Crippen LogP contribution in [0, 0.1) is 5.82 Å². The summed E-state index contributed by atoms with van der Waals surface area (Å²) in [7, 11) is 0. The molecule has 5 nitrogen and oxygen atoms in total. The zero-order valence-corrected chi connectivity index (χ0v) is 15.4. The lowest BCUT2D eigenvalue weighted by molar-refractivity contribution is 0.0725. The predicted molar refractivity (Wildman–Crippen MR) is 102 cm³/mol. The zero-order chi connectivity index (χ0) is 18.8. The standard InChI is InChI=1S/C20H18FN3O2S/c21-15-7-5-14(6-8-15)17-9-10-19(25)24(22-17)13-16-3-1-11-23(16)20(26)18-4-2-12-27-18/h2,4-10,12,16H,1,3,11,13H2/t16-/m0/s1. The third kappa shape index (κ3) is 3.68. The van der Waals surface area contributed by atoms with Crippen LogP contribution in [0.5, 0.6) is 0 Å². The van der Waals surface area contributed by atoms with Crippen LogP contribution in [0.1, 0.15) is 22.5 Å². The fourth-order valence-corrected chi connectivity index (χ4v) is 4.07. The van der Waals surface area contributed by atoms with E-state index in [0.29, 0.717) is 23.7 Å². The molecular formula is C20H18FN3O2S. The molecule has 27 heavy (non-hydrogen) atoms. The summed E-state index contributed by atoms with van der Waals surface area (Å²) in [5, 5.41) is 6.32. The summed E-state index contributed by atoms with van der Waals surface area (Å²) in [6.45, 7) is 1.04. The maximum absolute atomic E-state index is 13.1. The molecule has 4 rings (SSSR count). The highest BCUT2D eigenvalue weighted by atomic mass is 32.1. The molecule has 1 aliphatic heterocycles. The van der Waals surface area contributed by atoms with E-state index in [1.807, 2.05) is 22.4 Å². The maximum Gasteiger partial charge on any atom is 0.266 e. The number of nitrogens with zero attached hydrogens (tertiary/aromatic N) is 3. The van der Waals surface area contributed by atoms with Crippen LogP contribution in [0.25, 0.3) is 11.3 Å². The minimum absolute atomic E-state index is 0.00948. The van der Waals surface area contributed by atoms with Gasteiger partial charge in [-0.25, -0.2) is 9.07 Å². The highest BCUT2D eigenvalue weighted by Crippen LogP contribution is 2.23. The van der Waals surface area contributed by atoms with Crippen molar-refractivity contribution in [1.82, 2.24) is 14.7 Å². The fraction of sp³-hybridized carbons (Fsp3) is 0.250. The molecular weight excluding hydrogens is 365 g/mol. The summed E-state index contributed by atoms with van der Waals surface area (Å²) in [5.41, 5.74) is 1.13. The van der Waals surface area contributed by atoms with E-state index in [9.17, 15) is 14.0 Å². The molecule has 0 saturated carbocycles. The first-order valence-corrected chi connectivity index (χ1v) is 9.68. The van der Waals surface area contributed by atoms with Crippen LogP contribution in [0.15, 0.2) is 58.7 Å². The maximum atomic E-state index is 13.1. The third-order valence-corrected chi connectivity index (χ3v) is 5.62. The van der Waals surface area contributed by atoms with Crippen molar-refractivity contribution in [3.63, 3.8) is 0 Å². The van der Waals surface area contributed by atoms with Crippen molar-refractivity contribution in [2.24, 2.45) is 0 Å². The molecule has 0 radical (unpaired) electrons. The Labute approximate surface area is 159 Å². The third-order valence-electron chi connectivity index (χ3n) is 4.76. The molecule has 0 N–H and O–H groups in total. The molecule has 0 spiro atoms. The van der Waals surface area contributed by atoms with E-state index in [-0.39, 0.29) is 23.3 Å². The number of hydrogen-bond acceptors (Lipinski definition) is 4. The van der Waals surface area contributed by atoms with E-state index >= 15 is 0 Å². The van der Waals surface area contributed by atoms with Gasteiger partial charge in [0.1, 0.15) is 5.82 Å². The molecule has 0 bridgehead atoms. The summed E-state index contributed by atoms with van der Waals surface area (Å²) >= 11 is 1.42. The van der Waals surface area contributed by atoms with E-state index in [4.69, 9.17) is 0 Å². The fourth-order valence-electron chi connectivity index (χ4n) is 3.39.